The van der Waals surface area contributed by atoms with Crippen molar-refractivity contribution < 1.29 is 4.52 Å². The summed E-state index contributed by atoms with van der Waals surface area (Å²) in [6.07, 6.45) is 2.13. The molecule has 1 atom stereocenters. The normalized spacial score (nSPS) is 18.5. The molecular formula is C15H19N3O. The van der Waals surface area contributed by atoms with Gasteiger partial charge in [-0.05, 0) is 24.3 Å². The van der Waals surface area contributed by atoms with E-state index < -0.39 is 0 Å². The molecule has 1 aliphatic carbocycles. The molecule has 1 heterocycles. The number of nitrogens with two attached hydrogens (primary N) is 1. The fourth-order valence-corrected chi connectivity index (χ4v) is 2.37. The standard InChI is InChI=1S/C15H19N3O/c1-10(2)12(16)13-17-14(19-18-13)15(8-9-15)11-6-4-3-5-7-11/h3-7,10,12H,8-9,16H2,1-2H3. The molecule has 2 aromatic rings. The number of benzene rings is 1. The van der Waals surface area contributed by atoms with Crippen LogP contribution in [-0.4, -0.2) is 10.1 Å². The second kappa shape index (κ2) is 4.46. The third-order valence-electron chi connectivity index (χ3n) is 3.94. The SMILES string of the molecule is CC(C)C(N)c1noc(C2(c3ccccc3)CC2)n1. The van der Waals surface area contributed by atoms with Gasteiger partial charge in [-0.1, -0.05) is 49.3 Å². The van der Waals surface area contributed by atoms with Gasteiger partial charge in [-0.2, -0.15) is 4.98 Å². The molecule has 100 valence electrons. The van der Waals surface area contributed by atoms with Crippen LogP contribution in [-0.2, 0) is 5.41 Å². The van der Waals surface area contributed by atoms with Gasteiger partial charge in [-0.15, -0.1) is 0 Å². The number of nitrogens with zero attached hydrogens (tertiary/aromatic N) is 2. The van der Waals surface area contributed by atoms with Gasteiger partial charge in [0, 0.05) is 0 Å². The average molecular weight is 257 g/mol. The van der Waals surface area contributed by atoms with E-state index in [0.717, 1.165) is 12.8 Å². The highest BCUT2D eigenvalue weighted by molar-refractivity contribution is 5.38. The molecule has 3 rings (SSSR count). The van der Waals surface area contributed by atoms with Gasteiger partial charge in [0.15, 0.2) is 5.82 Å². The summed E-state index contributed by atoms with van der Waals surface area (Å²) in [5.74, 6) is 1.63. The monoisotopic (exact) mass is 257 g/mol. The van der Waals surface area contributed by atoms with Crippen LogP contribution in [0.2, 0.25) is 0 Å². The van der Waals surface area contributed by atoms with E-state index in [4.69, 9.17) is 10.3 Å². The Hall–Kier alpha value is -1.68. The molecular weight excluding hydrogens is 238 g/mol. The molecule has 1 unspecified atom stereocenters. The Balaban J connectivity index is 1.91. The molecule has 0 amide bonds. The summed E-state index contributed by atoms with van der Waals surface area (Å²) in [4.78, 5) is 4.54. The summed E-state index contributed by atoms with van der Waals surface area (Å²) in [6, 6.07) is 10.2. The molecule has 0 saturated heterocycles. The van der Waals surface area contributed by atoms with Gasteiger partial charge in [0.2, 0.25) is 5.89 Å². The highest BCUT2D eigenvalue weighted by Crippen LogP contribution is 2.52. The fraction of sp³-hybridized carbons (Fsp3) is 0.467. The van der Waals surface area contributed by atoms with Crippen molar-refractivity contribution in [1.29, 1.82) is 0 Å². The lowest BCUT2D eigenvalue weighted by Crippen LogP contribution is -2.18. The maximum Gasteiger partial charge on any atom is 0.237 e. The van der Waals surface area contributed by atoms with Crippen LogP contribution >= 0.6 is 0 Å². The fourth-order valence-electron chi connectivity index (χ4n) is 2.37. The van der Waals surface area contributed by atoms with Crippen molar-refractivity contribution in [3.8, 4) is 0 Å². The third-order valence-corrected chi connectivity index (χ3v) is 3.94. The van der Waals surface area contributed by atoms with Crippen LogP contribution in [0.25, 0.3) is 0 Å². The maximum atomic E-state index is 6.07. The lowest BCUT2D eigenvalue weighted by atomic mass is 9.96. The summed E-state index contributed by atoms with van der Waals surface area (Å²) in [5, 5.41) is 4.06. The molecule has 1 aliphatic rings. The number of hydrogen-bond donors (Lipinski definition) is 1. The van der Waals surface area contributed by atoms with Crippen molar-refractivity contribution in [1.82, 2.24) is 10.1 Å². The van der Waals surface area contributed by atoms with Crippen LogP contribution in [0.15, 0.2) is 34.9 Å². The molecule has 4 heteroatoms. The third kappa shape index (κ3) is 2.06. The zero-order chi connectivity index (χ0) is 13.5. The number of hydrogen-bond acceptors (Lipinski definition) is 4. The zero-order valence-corrected chi connectivity index (χ0v) is 11.3. The second-order valence-corrected chi connectivity index (χ2v) is 5.68. The Morgan fingerprint density at radius 1 is 1.21 bits per heavy atom. The van der Waals surface area contributed by atoms with Crippen molar-refractivity contribution in [3.63, 3.8) is 0 Å². The van der Waals surface area contributed by atoms with Gasteiger partial charge in [-0.3, -0.25) is 0 Å². The number of rotatable bonds is 4. The molecule has 1 aromatic heterocycles. The topological polar surface area (TPSA) is 64.9 Å². The molecule has 0 aliphatic heterocycles. The van der Waals surface area contributed by atoms with Gasteiger partial charge in [-0.25, -0.2) is 0 Å². The molecule has 0 spiro atoms. The Kier molecular flexibility index (Phi) is 2.90. The molecule has 1 aromatic carbocycles. The minimum absolute atomic E-state index is 0.0663. The first-order valence-corrected chi connectivity index (χ1v) is 6.79. The molecule has 0 bridgehead atoms. The van der Waals surface area contributed by atoms with E-state index in [9.17, 15) is 0 Å². The van der Waals surface area contributed by atoms with Crippen molar-refractivity contribution in [2.75, 3.05) is 0 Å². The van der Waals surface area contributed by atoms with Gasteiger partial charge >= 0.3 is 0 Å². The van der Waals surface area contributed by atoms with Crippen LogP contribution in [0.5, 0.6) is 0 Å². The average Bonchev–Trinajstić information content (AvgIpc) is 3.10. The van der Waals surface area contributed by atoms with Crippen molar-refractivity contribution in [2.45, 2.75) is 38.1 Å². The van der Waals surface area contributed by atoms with Crippen molar-refractivity contribution in [2.24, 2.45) is 11.7 Å². The smallest absolute Gasteiger partial charge is 0.237 e. The van der Waals surface area contributed by atoms with E-state index in [1.807, 2.05) is 18.2 Å². The summed E-state index contributed by atoms with van der Waals surface area (Å²) in [5.41, 5.74) is 7.26. The van der Waals surface area contributed by atoms with Gasteiger partial charge < -0.3 is 10.3 Å². The Morgan fingerprint density at radius 3 is 2.47 bits per heavy atom. The zero-order valence-electron chi connectivity index (χ0n) is 11.3. The summed E-state index contributed by atoms with van der Waals surface area (Å²) < 4.78 is 5.48. The summed E-state index contributed by atoms with van der Waals surface area (Å²) >= 11 is 0. The van der Waals surface area contributed by atoms with E-state index in [1.54, 1.807) is 0 Å². The largest absolute Gasteiger partial charge is 0.338 e. The lowest BCUT2D eigenvalue weighted by molar-refractivity contribution is 0.348. The van der Waals surface area contributed by atoms with Crippen LogP contribution in [0.1, 0.15) is 50.0 Å². The second-order valence-electron chi connectivity index (χ2n) is 5.68. The minimum Gasteiger partial charge on any atom is -0.338 e. The van der Waals surface area contributed by atoms with E-state index in [1.165, 1.54) is 5.56 Å². The van der Waals surface area contributed by atoms with Crippen molar-refractivity contribution >= 4 is 0 Å². The summed E-state index contributed by atoms with van der Waals surface area (Å²) in [6.45, 7) is 4.12. The first-order valence-electron chi connectivity index (χ1n) is 6.79. The molecule has 1 saturated carbocycles. The number of aromatic nitrogens is 2. The highest BCUT2D eigenvalue weighted by atomic mass is 16.5. The van der Waals surface area contributed by atoms with E-state index in [0.29, 0.717) is 17.6 Å². The Bertz CT molecular complexity index is 558. The molecule has 2 N–H and O–H groups in total. The molecule has 19 heavy (non-hydrogen) atoms. The molecule has 1 fully saturated rings. The van der Waals surface area contributed by atoms with Crippen molar-refractivity contribution in [3.05, 3.63) is 47.6 Å². The lowest BCUT2D eigenvalue weighted by Gasteiger charge is -2.11. The van der Waals surface area contributed by atoms with Crippen LogP contribution in [0, 0.1) is 5.92 Å². The van der Waals surface area contributed by atoms with E-state index in [-0.39, 0.29) is 11.5 Å². The van der Waals surface area contributed by atoms with E-state index in [2.05, 4.69) is 36.1 Å². The first-order chi connectivity index (χ1) is 9.13. The quantitative estimate of drug-likeness (QED) is 0.914. The highest BCUT2D eigenvalue weighted by Gasteiger charge is 2.51. The molecule has 4 nitrogen and oxygen atoms in total. The van der Waals surface area contributed by atoms with Crippen LogP contribution < -0.4 is 5.73 Å². The van der Waals surface area contributed by atoms with E-state index >= 15 is 0 Å². The minimum atomic E-state index is -0.163. The molecule has 0 radical (unpaired) electrons. The van der Waals surface area contributed by atoms with Gasteiger partial charge in [0.1, 0.15) is 0 Å². The predicted molar refractivity (Wildman–Crippen MR) is 72.5 cm³/mol. The predicted octanol–water partition coefficient (Wildman–Crippen LogP) is 2.81. The van der Waals surface area contributed by atoms with Crippen LogP contribution in [0.3, 0.4) is 0 Å². The Labute approximate surface area is 113 Å². The van der Waals surface area contributed by atoms with Gasteiger partial charge in [0.05, 0.1) is 11.5 Å². The summed E-state index contributed by atoms with van der Waals surface area (Å²) in [7, 11) is 0. The van der Waals surface area contributed by atoms with Crippen LogP contribution in [0.4, 0.5) is 0 Å². The maximum absolute atomic E-state index is 6.07. The first kappa shape index (κ1) is 12.4. The Morgan fingerprint density at radius 2 is 1.89 bits per heavy atom. The van der Waals surface area contributed by atoms with Gasteiger partial charge in [0.25, 0.3) is 0 Å².